The quantitative estimate of drug-likeness (QED) is 0.654. The van der Waals surface area contributed by atoms with Crippen LogP contribution in [0.25, 0.3) is 0 Å². The first-order chi connectivity index (χ1) is 10.6. The number of carbonyl (C=O) groups is 2. The third-order valence-electron chi connectivity index (χ3n) is 3.71. The molecule has 2 rings (SSSR count). The van der Waals surface area contributed by atoms with Crippen LogP contribution in [0.3, 0.4) is 0 Å². The van der Waals surface area contributed by atoms with Crippen molar-refractivity contribution in [1.29, 1.82) is 0 Å². The highest BCUT2D eigenvalue weighted by atomic mass is 16.5. The normalized spacial score (nSPS) is 17.2. The molecule has 1 aliphatic heterocycles. The van der Waals surface area contributed by atoms with Gasteiger partial charge in [-0.1, -0.05) is 12.1 Å². The average Bonchev–Trinajstić information content (AvgIpc) is 3.03. The fourth-order valence-corrected chi connectivity index (χ4v) is 2.48. The molecule has 1 aromatic carbocycles. The second-order valence-electron chi connectivity index (χ2n) is 5.58. The van der Waals surface area contributed by atoms with Crippen LogP contribution < -0.4 is 21.1 Å². The van der Waals surface area contributed by atoms with Gasteiger partial charge in [0.05, 0.1) is 0 Å². The Bertz CT molecular complexity index is 513. The molecule has 0 aromatic heterocycles. The lowest BCUT2D eigenvalue weighted by Gasteiger charge is -2.10. The van der Waals surface area contributed by atoms with Crippen molar-refractivity contribution in [3.05, 3.63) is 29.8 Å². The van der Waals surface area contributed by atoms with Crippen molar-refractivity contribution < 1.29 is 14.3 Å². The molecule has 6 nitrogen and oxygen atoms in total. The largest absolute Gasteiger partial charge is 0.484 e. The van der Waals surface area contributed by atoms with E-state index in [2.05, 4.69) is 10.6 Å². The number of rotatable bonds is 8. The Morgan fingerprint density at radius 2 is 2.27 bits per heavy atom. The number of primary amides is 1. The number of benzene rings is 1. The standard InChI is InChI=1S/C16H23N3O3/c17-15(20)11-22-14-3-1-2-13(8-14)10-19-16(21)5-4-12-6-7-18-9-12/h1-3,8,12,18H,4-7,9-11H2,(H2,17,20)(H,19,21). The van der Waals surface area contributed by atoms with Crippen molar-refractivity contribution in [2.45, 2.75) is 25.8 Å². The maximum Gasteiger partial charge on any atom is 0.255 e. The summed E-state index contributed by atoms with van der Waals surface area (Å²) >= 11 is 0. The van der Waals surface area contributed by atoms with Crippen LogP contribution in [-0.2, 0) is 16.1 Å². The summed E-state index contributed by atoms with van der Waals surface area (Å²) < 4.78 is 5.24. The van der Waals surface area contributed by atoms with Gasteiger partial charge in [0.2, 0.25) is 5.91 Å². The fraction of sp³-hybridized carbons (Fsp3) is 0.500. The minimum atomic E-state index is -0.514. The van der Waals surface area contributed by atoms with E-state index >= 15 is 0 Å². The average molecular weight is 305 g/mol. The predicted octanol–water partition coefficient (Wildman–Crippen LogP) is 0.557. The molecule has 1 fully saturated rings. The Labute approximate surface area is 130 Å². The molecular formula is C16H23N3O3. The van der Waals surface area contributed by atoms with Crippen molar-refractivity contribution in [3.8, 4) is 5.75 Å². The van der Waals surface area contributed by atoms with Crippen LogP contribution in [0, 0.1) is 5.92 Å². The molecule has 120 valence electrons. The Morgan fingerprint density at radius 3 is 3.00 bits per heavy atom. The summed E-state index contributed by atoms with van der Waals surface area (Å²) in [6, 6.07) is 7.27. The number of amides is 2. The van der Waals surface area contributed by atoms with Gasteiger partial charge in [-0.2, -0.15) is 0 Å². The fourth-order valence-electron chi connectivity index (χ4n) is 2.48. The topological polar surface area (TPSA) is 93.5 Å². The monoisotopic (exact) mass is 305 g/mol. The van der Waals surface area contributed by atoms with Crippen LogP contribution in [-0.4, -0.2) is 31.5 Å². The van der Waals surface area contributed by atoms with E-state index in [0.717, 1.165) is 31.5 Å². The minimum Gasteiger partial charge on any atom is -0.484 e. The van der Waals surface area contributed by atoms with E-state index < -0.39 is 5.91 Å². The van der Waals surface area contributed by atoms with Gasteiger partial charge < -0.3 is 21.1 Å². The molecule has 1 saturated heterocycles. The zero-order chi connectivity index (χ0) is 15.8. The molecule has 1 heterocycles. The Hall–Kier alpha value is -2.08. The number of nitrogens with two attached hydrogens (primary N) is 1. The van der Waals surface area contributed by atoms with E-state index in [1.165, 1.54) is 0 Å². The molecule has 1 aliphatic rings. The molecule has 0 spiro atoms. The number of hydrogen-bond donors (Lipinski definition) is 3. The van der Waals surface area contributed by atoms with Crippen LogP contribution in [0.1, 0.15) is 24.8 Å². The Morgan fingerprint density at radius 1 is 1.41 bits per heavy atom. The van der Waals surface area contributed by atoms with Crippen molar-refractivity contribution in [2.24, 2.45) is 11.7 Å². The highest BCUT2D eigenvalue weighted by Gasteiger charge is 2.15. The van der Waals surface area contributed by atoms with Crippen molar-refractivity contribution in [3.63, 3.8) is 0 Å². The van der Waals surface area contributed by atoms with Gasteiger partial charge in [-0.3, -0.25) is 9.59 Å². The zero-order valence-electron chi connectivity index (χ0n) is 12.6. The van der Waals surface area contributed by atoms with Crippen LogP contribution in [0.5, 0.6) is 5.75 Å². The minimum absolute atomic E-state index is 0.0651. The third-order valence-corrected chi connectivity index (χ3v) is 3.71. The molecule has 22 heavy (non-hydrogen) atoms. The Balaban J connectivity index is 1.72. The second-order valence-corrected chi connectivity index (χ2v) is 5.58. The first-order valence-corrected chi connectivity index (χ1v) is 7.61. The van der Waals surface area contributed by atoms with Gasteiger partial charge in [-0.05, 0) is 49.5 Å². The first kappa shape index (κ1) is 16.3. The van der Waals surface area contributed by atoms with Crippen molar-refractivity contribution in [2.75, 3.05) is 19.7 Å². The maximum absolute atomic E-state index is 11.8. The van der Waals surface area contributed by atoms with E-state index in [-0.39, 0.29) is 12.5 Å². The molecule has 0 bridgehead atoms. The highest BCUT2D eigenvalue weighted by Crippen LogP contribution is 2.15. The smallest absolute Gasteiger partial charge is 0.255 e. The van der Waals surface area contributed by atoms with Crippen LogP contribution >= 0.6 is 0 Å². The summed E-state index contributed by atoms with van der Waals surface area (Å²) in [5.41, 5.74) is 5.96. The summed E-state index contributed by atoms with van der Waals surface area (Å²) in [6.07, 6.45) is 2.65. The SMILES string of the molecule is NC(=O)COc1cccc(CNC(=O)CCC2CCNC2)c1. The lowest BCUT2D eigenvalue weighted by molar-refractivity contribution is -0.121. The summed E-state index contributed by atoms with van der Waals surface area (Å²) in [5.74, 6) is 0.745. The molecule has 4 N–H and O–H groups in total. The summed E-state index contributed by atoms with van der Waals surface area (Å²) in [5, 5.41) is 6.21. The van der Waals surface area contributed by atoms with Gasteiger partial charge in [0.15, 0.2) is 6.61 Å². The lowest BCUT2D eigenvalue weighted by atomic mass is 10.0. The Kier molecular flexibility index (Phi) is 6.21. The first-order valence-electron chi connectivity index (χ1n) is 7.61. The number of hydrogen-bond acceptors (Lipinski definition) is 4. The van der Waals surface area contributed by atoms with Gasteiger partial charge in [-0.15, -0.1) is 0 Å². The molecule has 0 saturated carbocycles. The predicted molar refractivity (Wildman–Crippen MR) is 83.2 cm³/mol. The third kappa shape index (κ3) is 5.73. The van der Waals surface area contributed by atoms with E-state index in [1.807, 2.05) is 12.1 Å². The van der Waals surface area contributed by atoms with Crippen molar-refractivity contribution in [1.82, 2.24) is 10.6 Å². The maximum atomic E-state index is 11.8. The second kappa shape index (κ2) is 8.38. The molecule has 6 heteroatoms. The molecule has 0 radical (unpaired) electrons. The van der Waals surface area contributed by atoms with Gasteiger partial charge in [0, 0.05) is 13.0 Å². The highest BCUT2D eigenvalue weighted by molar-refractivity contribution is 5.76. The van der Waals surface area contributed by atoms with Gasteiger partial charge >= 0.3 is 0 Å². The van der Waals surface area contributed by atoms with Crippen LogP contribution in [0.15, 0.2) is 24.3 Å². The van der Waals surface area contributed by atoms with E-state index in [4.69, 9.17) is 10.5 Å². The van der Waals surface area contributed by atoms with Gasteiger partial charge in [-0.25, -0.2) is 0 Å². The van der Waals surface area contributed by atoms with E-state index in [1.54, 1.807) is 12.1 Å². The van der Waals surface area contributed by atoms with Gasteiger partial charge in [0.25, 0.3) is 5.91 Å². The number of nitrogens with one attached hydrogen (secondary N) is 2. The van der Waals surface area contributed by atoms with Crippen molar-refractivity contribution >= 4 is 11.8 Å². The number of carbonyl (C=O) groups excluding carboxylic acids is 2. The molecule has 2 amide bonds. The van der Waals surface area contributed by atoms with Gasteiger partial charge in [0.1, 0.15) is 5.75 Å². The zero-order valence-corrected chi connectivity index (χ0v) is 12.6. The molecule has 1 aromatic rings. The lowest BCUT2D eigenvalue weighted by Crippen LogP contribution is -2.23. The molecule has 0 aliphatic carbocycles. The molecular weight excluding hydrogens is 282 g/mol. The van der Waals surface area contributed by atoms with E-state index in [0.29, 0.717) is 24.6 Å². The van der Waals surface area contributed by atoms with Crippen LogP contribution in [0.4, 0.5) is 0 Å². The van der Waals surface area contributed by atoms with Crippen LogP contribution in [0.2, 0.25) is 0 Å². The summed E-state index contributed by atoms with van der Waals surface area (Å²) in [6.45, 7) is 2.39. The number of ether oxygens (including phenoxy) is 1. The summed E-state index contributed by atoms with van der Waals surface area (Å²) in [4.78, 5) is 22.5. The summed E-state index contributed by atoms with van der Waals surface area (Å²) in [7, 11) is 0. The molecule has 1 atom stereocenters. The van der Waals surface area contributed by atoms with E-state index in [9.17, 15) is 9.59 Å². The molecule has 1 unspecified atom stereocenters.